The molecule has 0 aromatic heterocycles. The predicted octanol–water partition coefficient (Wildman–Crippen LogP) is 8.30. The van der Waals surface area contributed by atoms with Gasteiger partial charge in [0.1, 0.15) is 0 Å². The van der Waals surface area contributed by atoms with E-state index in [4.69, 9.17) is 0 Å². The third-order valence-corrected chi connectivity index (χ3v) is 4.83. The molecule has 0 bridgehead atoms. The van der Waals surface area contributed by atoms with E-state index < -0.39 is 0 Å². The van der Waals surface area contributed by atoms with Crippen LogP contribution in [0.15, 0.2) is 24.8 Å². The van der Waals surface area contributed by atoms with Crippen LogP contribution >= 0.6 is 0 Å². The fourth-order valence-electron chi connectivity index (χ4n) is 3.13. The second-order valence-corrected chi connectivity index (χ2v) is 7.42. The summed E-state index contributed by atoms with van der Waals surface area (Å²) in [5.41, 5.74) is 0. The van der Waals surface area contributed by atoms with Gasteiger partial charge in [-0.3, -0.25) is 0 Å². The van der Waals surface area contributed by atoms with Crippen molar-refractivity contribution in [3.63, 3.8) is 0 Å². The summed E-state index contributed by atoms with van der Waals surface area (Å²) >= 11 is 0. The molecule has 0 saturated heterocycles. The molecular formula is C24H45B. The monoisotopic (exact) mass is 344 g/mol. The molecule has 0 heterocycles. The van der Waals surface area contributed by atoms with Gasteiger partial charge in [-0.15, -0.1) is 0 Å². The molecule has 0 amide bonds. The molecule has 0 aliphatic rings. The summed E-state index contributed by atoms with van der Waals surface area (Å²) in [6, 6.07) is 0. The fourth-order valence-corrected chi connectivity index (χ4v) is 3.13. The average molecular weight is 344 g/mol. The van der Waals surface area contributed by atoms with Gasteiger partial charge < -0.3 is 0 Å². The molecule has 25 heavy (non-hydrogen) atoms. The Kier molecular flexibility index (Phi) is 22.9. The van der Waals surface area contributed by atoms with Gasteiger partial charge in [0.2, 0.25) is 0 Å². The van der Waals surface area contributed by atoms with Crippen LogP contribution in [0.2, 0.25) is 6.32 Å². The van der Waals surface area contributed by atoms with Crippen LogP contribution < -0.4 is 0 Å². The summed E-state index contributed by atoms with van der Waals surface area (Å²) in [6.45, 7) is 8.41. The summed E-state index contributed by atoms with van der Waals surface area (Å²) < 4.78 is 0. The average Bonchev–Trinajstić information content (AvgIpc) is 2.63. The van der Waals surface area contributed by atoms with Crippen LogP contribution in [0.3, 0.4) is 0 Å². The maximum atomic E-state index is 3.76. The molecule has 0 fully saturated rings. The molecule has 0 N–H and O–H groups in total. The molecule has 0 aliphatic carbocycles. The molecule has 0 radical (unpaired) electrons. The molecule has 0 nitrogen and oxygen atoms in total. The molecule has 0 rings (SSSR count). The molecule has 1 heteroatoms. The minimum absolute atomic E-state index is 1.15. The van der Waals surface area contributed by atoms with E-state index >= 15 is 0 Å². The third kappa shape index (κ3) is 23.4. The van der Waals surface area contributed by atoms with E-state index in [-0.39, 0.29) is 0 Å². The molecule has 144 valence electrons. The van der Waals surface area contributed by atoms with Crippen molar-refractivity contribution >= 4 is 12.9 Å². The minimum atomic E-state index is 1.15. The number of hydrogen-bond donors (Lipinski definition) is 0. The normalized spacial score (nSPS) is 11.4. The van der Waals surface area contributed by atoms with E-state index in [1.807, 2.05) is 6.08 Å². The number of allylic oxidation sites excluding steroid dienone is 3. The van der Waals surface area contributed by atoms with E-state index in [1.165, 1.54) is 109 Å². The van der Waals surface area contributed by atoms with Crippen molar-refractivity contribution in [1.82, 2.24) is 0 Å². The topological polar surface area (TPSA) is 0 Å². The zero-order valence-electron chi connectivity index (χ0n) is 17.3. The summed E-state index contributed by atoms with van der Waals surface area (Å²) in [4.78, 5) is 0. The molecular weight excluding hydrogens is 299 g/mol. The minimum Gasteiger partial charge on any atom is -0.0654 e. The first-order valence-corrected chi connectivity index (χ1v) is 11.3. The molecule has 0 aliphatic heterocycles. The number of rotatable bonds is 20. The Labute approximate surface area is 160 Å². The van der Waals surface area contributed by atoms with Gasteiger partial charge in [0.05, 0.1) is 0 Å². The Morgan fingerprint density at radius 3 is 1.76 bits per heavy atom. The number of hydrogen-bond acceptors (Lipinski definition) is 0. The zero-order valence-corrected chi connectivity index (χ0v) is 17.3. The molecule has 0 spiro atoms. The van der Waals surface area contributed by atoms with Gasteiger partial charge in [-0.05, 0) is 0 Å². The van der Waals surface area contributed by atoms with E-state index in [9.17, 15) is 0 Å². The van der Waals surface area contributed by atoms with Crippen molar-refractivity contribution in [3.05, 3.63) is 24.8 Å². The first-order chi connectivity index (χ1) is 12.4. The quantitative estimate of drug-likeness (QED) is 0.118. The standard InChI is InChI=1S/C24H45B/c1-3-5-7-9-10-11-12-13-14-15-16-17-18-19-20-22-24-25-23-21-8-6-4-2/h4,13-14,23H,2-3,5-12,15-22,24H2,1H3/b14-13+. The van der Waals surface area contributed by atoms with Gasteiger partial charge in [0, 0.05) is 0 Å². The van der Waals surface area contributed by atoms with Crippen molar-refractivity contribution in [1.29, 1.82) is 0 Å². The van der Waals surface area contributed by atoms with Gasteiger partial charge in [-0.2, -0.15) is 0 Å². The molecule has 0 saturated carbocycles. The summed E-state index contributed by atoms with van der Waals surface area (Å²) in [5, 5.41) is 0. The maximum absolute atomic E-state index is 3.76. The molecule has 0 atom stereocenters. The predicted molar refractivity (Wildman–Crippen MR) is 120 cm³/mol. The molecule has 0 unspecified atom stereocenters. The van der Waals surface area contributed by atoms with Gasteiger partial charge in [0.15, 0.2) is 0 Å². The third-order valence-electron chi connectivity index (χ3n) is 4.83. The van der Waals surface area contributed by atoms with Crippen LogP contribution in [0.1, 0.15) is 116 Å². The van der Waals surface area contributed by atoms with Gasteiger partial charge in [0.25, 0.3) is 0 Å². The Morgan fingerprint density at radius 2 is 1.16 bits per heavy atom. The molecule has 0 aromatic carbocycles. The van der Waals surface area contributed by atoms with Crippen molar-refractivity contribution < 1.29 is 0 Å². The van der Waals surface area contributed by atoms with Crippen LogP contribution in [-0.2, 0) is 0 Å². The van der Waals surface area contributed by atoms with Gasteiger partial charge in [-0.25, -0.2) is 0 Å². The van der Waals surface area contributed by atoms with Crippen LogP contribution in [0.4, 0.5) is 0 Å². The van der Waals surface area contributed by atoms with Gasteiger partial charge >= 0.3 is 121 Å². The van der Waals surface area contributed by atoms with E-state index in [2.05, 4.69) is 38.5 Å². The smallest absolute Gasteiger partial charge is 0.0654 e. The summed E-state index contributed by atoms with van der Waals surface area (Å²) in [6.07, 6.45) is 31.2. The van der Waals surface area contributed by atoms with E-state index in [0.717, 1.165) is 6.42 Å². The first-order valence-electron chi connectivity index (χ1n) is 11.3. The molecule has 0 aromatic rings. The SMILES string of the molecule is C=CCCCC=BCCCCCCCC/C=C/CCCCCCCC. The van der Waals surface area contributed by atoms with Crippen LogP contribution in [-0.4, -0.2) is 12.9 Å². The van der Waals surface area contributed by atoms with E-state index in [1.54, 1.807) is 0 Å². The number of unbranched alkanes of at least 4 members (excludes halogenated alkanes) is 14. The Balaban J connectivity index is 3.11. The Morgan fingerprint density at radius 1 is 0.600 bits per heavy atom. The van der Waals surface area contributed by atoms with Crippen LogP contribution in [0, 0.1) is 0 Å². The van der Waals surface area contributed by atoms with Crippen LogP contribution in [0.5, 0.6) is 0 Å². The van der Waals surface area contributed by atoms with Crippen LogP contribution in [0.25, 0.3) is 0 Å². The van der Waals surface area contributed by atoms with Crippen molar-refractivity contribution in [2.45, 2.75) is 122 Å². The van der Waals surface area contributed by atoms with Crippen molar-refractivity contribution in [2.75, 3.05) is 0 Å². The zero-order chi connectivity index (χ0) is 18.3. The first kappa shape index (κ1) is 24.4. The van der Waals surface area contributed by atoms with Crippen molar-refractivity contribution in [3.8, 4) is 0 Å². The fraction of sp³-hybridized carbons (Fsp3) is 0.792. The Bertz CT molecular complexity index is 303. The second kappa shape index (κ2) is 23.4. The second-order valence-electron chi connectivity index (χ2n) is 7.42. The van der Waals surface area contributed by atoms with E-state index in [0.29, 0.717) is 0 Å². The van der Waals surface area contributed by atoms with Gasteiger partial charge in [-0.1, -0.05) is 39.0 Å². The van der Waals surface area contributed by atoms with Crippen molar-refractivity contribution in [2.24, 2.45) is 0 Å². The summed E-state index contributed by atoms with van der Waals surface area (Å²) in [5.74, 6) is 2.35. The summed E-state index contributed by atoms with van der Waals surface area (Å²) in [7, 11) is 0. The Hall–Kier alpha value is -0.585.